The Morgan fingerprint density at radius 2 is 1.90 bits per heavy atom. The van der Waals surface area contributed by atoms with Crippen LogP contribution in [0.3, 0.4) is 0 Å². The van der Waals surface area contributed by atoms with Crippen molar-refractivity contribution in [2.24, 2.45) is 0 Å². The molecule has 2 aliphatic rings. The third kappa shape index (κ3) is 4.54. The van der Waals surface area contributed by atoms with Crippen LogP contribution < -0.4 is 9.64 Å². The van der Waals surface area contributed by atoms with Crippen molar-refractivity contribution in [3.05, 3.63) is 58.6 Å². The molecule has 1 fully saturated rings. The highest BCUT2D eigenvalue weighted by molar-refractivity contribution is 6.31. The monoisotopic (exact) mass is 413 g/mol. The molecular formula is C22H24ClN3O3. The van der Waals surface area contributed by atoms with Gasteiger partial charge in [0.1, 0.15) is 12.3 Å². The van der Waals surface area contributed by atoms with E-state index in [4.69, 9.17) is 16.3 Å². The second-order valence-electron chi connectivity index (χ2n) is 7.53. The van der Waals surface area contributed by atoms with Crippen LogP contribution in [-0.4, -0.2) is 60.9 Å². The van der Waals surface area contributed by atoms with Gasteiger partial charge in [0.15, 0.2) is 6.61 Å². The Labute approximate surface area is 175 Å². The maximum Gasteiger partial charge on any atom is 0.265 e. The SMILES string of the molecule is Cc1cccc(CN2CCN(C(=O)CN3C(=O)COc4ccc(Cl)cc43)CC2)c1. The molecular weight excluding hydrogens is 390 g/mol. The molecule has 29 heavy (non-hydrogen) atoms. The number of benzene rings is 2. The van der Waals surface area contributed by atoms with Gasteiger partial charge in [0.2, 0.25) is 5.91 Å². The van der Waals surface area contributed by atoms with Crippen LogP contribution >= 0.6 is 11.6 Å². The van der Waals surface area contributed by atoms with E-state index in [1.165, 1.54) is 16.0 Å². The molecule has 4 rings (SSSR count). The van der Waals surface area contributed by atoms with Crippen molar-refractivity contribution in [3.63, 3.8) is 0 Å². The van der Waals surface area contributed by atoms with E-state index in [1.54, 1.807) is 18.2 Å². The van der Waals surface area contributed by atoms with Gasteiger partial charge in [-0.3, -0.25) is 19.4 Å². The molecule has 152 valence electrons. The molecule has 0 radical (unpaired) electrons. The highest BCUT2D eigenvalue weighted by atomic mass is 35.5. The number of nitrogens with zero attached hydrogens (tertiary/aromatic N) is 3. The molecule has 2 heterocycles. The van der Waals surface area contributed by atoms with Crippen molar-refractivity contribution in [1.29, 1.82) is 0 Å². The van der Waals surface area contributed by atoms with Crippen LogP contribution in [0.1, 0.15) is 11.1 Å². The summed E-state index contributed by atoms with van der Waals surface area (Å²) in [4.78, 5) is 30.9. The lowest BCUT2D eigenvalue weighted by Crippen LogP contribution is -2.52. The van der Waals surface area contributed by atoms with Crippen LogP contribution in [0.2, 0.25) is 5.02 Å². The number of carbonyl (C=O) groups excluding carboxylic acids is 2. The molecule has 0 aliphatic carbocycles. The fourth-order valence-corrected chi connectivity index (χ4v) is 3.97. The molecule has 0 spiro atoms. The summed E-state index contributed by atoms with van der Waals surface area (Å²) in [5, 5.41) is 0.504. The van der Waals surface area contributed by atoms with E-state index < -0.39 is 0 Å². The third-order valence-electron chi connectivity index (χ3n) is 5.37. The van der Waals surface area contributed by atoms with E-state index in [2.05, 4.69) is 36.1 Å². The van der Waals surface area contributed by atoms with Crippen molar-refractivity contribution in [3.8, 4) is 5.75 Å². The van der Waals surface area contributed by atoms with Gasteiger partial charge in [-0.2, -0.15) is 0 Å². The Morgan fingerprint density at radius 1 is 1.10 bits per heavy atom. The molecule has 2 aromatic carbocycles. The molecule has 1 saturated heterocycles. The van der Waals surface area contributed by atoms with Crippen LogP contribution in [0, 0.1) is 6.92 Å². The topological polar surface area (TPSA) is 53.1 Å². The van der Waals surface area contributed by atoms with Crippen LogP contribution in [0.25, 0.3) is 0 Å². The number of fused-ring (bicyclic) bond motifs is 1. The fraction of sp³-hybridized carbons (Fsp3) is 0.364. The molecule has 7 heteroatoms. The molecule has 2 aliphatic heterocycles. The third-order valence-corrected chi connectivity index (χ3v) is 5.61. The molecule has 2 amide bonds. The molecule has 0 saturated carbocycles. The van der Waals surface area contributed by atoms with Crippen LogP contribution in [0.15, 0.2) is 42.5 Å². The minimum atomic E-state index is -0.230. The fourth-order valence-electron chi connectivity index (χ4n) is 3.81. The number of amides is 2. The lowest BCUT2D eigenvalue weighted by Gasteiger charge is -2.36. The molecule has 0 aromatic heterocycles. The van der Waals surface area contributed by atoms with Crippen LogP contribution in [0.4, 0.5) is 5.69 Å². The van der Waals surface area contributed by atoms with E-state index in [0.717, 1.165) is 19.6 Å². The highest BCUT2D eigenvalue weighted by Crippen LogP contribution is 2.34. The number of hydrogen-bond donors (Lipinski definition) is 0. The minimum absolute atomic E-state index is 0.00736. The van der Waals surface area contributed by atoms with Gasteiger partial charge in [-0.05, 0) is 30.7 Å². The average Bonchev–Trinajstić information content (AvgIpc) is 2.71. The van der Waals surface area contributed by atoms with E-state index in [1.807, 2.05) is 4.90 Å². The number of carbonyl (C=O) groups is 2. The van der Waals surface area contributed by atoms with Crippen molar-refractivity contribution in [2.45, 2.75) is 13.5 Å². The number of hydrogen-bond acceptors (Lipinski definition) is 4. The highest BCUT2D eigenvalue weighted by Gasteiger charge is 2.30. The smallest absolute Gasteiger partial charge is 0.265 e. The maximum atomic E-state index is 12.9. The van der Waals surface area contributed by atoms with Crippen molar-refractivity contribution >= 4 is 29.1 Å². The largest absolute Gasteiger partial charge is 0.482 e. The van der Waals surface area contributed by atoms with Gasteiger partial charge in [-0.15, -0.1) is 0 Å². The summed E-state index contributed by atoms with van der Waals surface area (Å²) in [5.41, 5.74) is 3.10. The summed E-state index contributed by atoms with van der Waals surface area (Å²) in [6, 6.07) is 13.6. The summed E-state index contributed by atoms with van der Waals surface area (Å²) in [5.74, 6) is 0.289. The Bertz CT molecular complexity index is 925. The summed E-state index contributed by atoms with van der Waals surface area (Å²) in [6.45, 7) is 5.88. The second-order valence-corrected chi connectivity index (χ2v) is 7.96. The van der Waals surface area contributed by atoms with E-state index in [9.17, 15) is 9.59 Å². The van der Waals surface area contributed by atoms with Gasteiger partial charge in [-0.25, -0.2) is 0 Å². The predicted octanol–water partition coefficient (Wildman–Crippen LogP) is 2.72. The first-order chi connectivity index (χ1) is 14.0. The molecule has 0 bridgehead atoms. The van der Waals surface area contributed by atoms with E-state index >= 15 is 0 Å². The summed E-state index contributed by atoms with van der Waals surface area (Å²) < 4.78 is 5.45. The standard InChI is InChI=1S/C22H24ClN3O3/c1-16-3-2-4-17(11-16)13-24-7-9-25(10-8-24)21(27)14-26-19-12-18(23)5-6-20(19)29-15-22(26)28/h2-6,11-12H,7-10,13-15H2,1H3. The zero-order valence-corrected chi connectivity index (χ0v) is 17.2. The van der Waals surface area contributed by atoms with Gasteiger partial charge < -0.3 is 9.64 Å². The number of ether oxygens (including phenoxy) is 1. The van der Waals surface area contributed by atoms with Crippen molar-refractivity contribution in [1.82, 2.24) is 9.80 Å². The molecule has 6 nitrogen and oxygen atoms in total. The first-order valence-corrected chi connectivity index (χ1v) is 10.2. The summed E-state index contributed by atoms with van der Waals surface area (Å²) in [6.07, 6.45) is 0. The molecule has 0 atom stereocenters. The second kappa shape index (κ2) is 8.43. The number of anilines is 1. The number of halogens is 1. The Balaban J connectivity index is 1.36. The summed E-state index contributed by atoms with van der Waals surface area (Å²) in [7, 11) is 0. The first kappa shape index (κ1) is 19.7. The Kier molecular flexibility index (Phi) is 5.74. The van der Waals surface area contributed by atoms with Gasteiger partial charge in [0, 0.05) is 37.7 Å². The van der Waals surface area contributed by atoms with E-state index in [-0.39, 0.29) is 25.0 Å². The van der Waals surface area contributed by atoms with Crippen molar-refractivity contribution in [2.75, 3.05) is 44.2 Å². The first-order valence-electron chi connectivity index (χ1n) is 9.78. The van der Waals surface area contributed by atoms with Gasteiger partial charge in [-0.1, -0.05) is 41.4 Å². The number of piperazine rings is 1. The normalized spacial score (nSPS) is 17.1. The lowest BCUT2D eigenvalue weighted by atomic mass is 10.1. The molecule has 0 N–H and O–H groups in total. The van der Waals surface area contributed by atoms with Gasteiger partial charge in [0.25, 0.3) is 5.91 Å². The van der Waals surface area contributed by atoms with Crippen LogP contribution in [0.5, 0.6) is 5.75 Å². The zero-order valence-electron chi connectivity index (χ0n) is 16.4. The average molecular weight is 414 g/mol. The summed E-state index contributed by atoms with van der Waals surface area (Å²) >= 11 is 6.07. The Morgan fingerprint density at radius 3 is 2.66 bits per heavy atom. The van der Waals surface area contributed by atoms with Gasteiger partial charge >= 0.3 is 0 Å². The number of rotatable bonds is 4. The predicted molar refractivity (Wildman–Crippen MR) is 112 cm³/mol. The van der Waals surface area contributed by atoms with E-state index in [0.29, 0.717) is 29.5 Å². The quantitative estimate of drug-likeness (QED) is 0.773. The maximum absolute atomic E-state index is 12.9. The van der Waals surface area contributed by atoms with Crippen LogP contribution in [-0.2, 0) is 16.1 Å². The minimum Gasteiger partial charge on any atom is -0.482 e. The zero-order chi connectivity index (χ0) is 20.4. The lowest BCUT2D eigenvalue weighted by molar-refractivity contribution is -0.133. The van der Waals surface area contributed by atoms with Gasteiger partial charge in [0.05, 0.1) is 5.69 Å². The number of aryl methyl sites for hydroxylation is 1. The Hall–Kier alpha value is -2.57. The molecule has 0 unspecified atom stereocenters. The molecule has 2 aromatic rings. The van der Waals surface area contributed by atoms with Crippen molar-refractivity contribution < 1.29 is 14.3 Å².